The van der Waals surface area contributed by atoms with Crippen LogP contribution >= 0.6 is 0 Å². The molecule has 0 aromatic heterocycles. The van der Waals surface area contributed by atoms with Crippen LogP contribution in [0.1, 0.15) is 0 Å². The minimum Gasteiger partial charge on any atom is 0 e. The van der Waals surface area contributed by atoms with Gasteiger partial charge < -0.3 is 0 Å². The number of hydrogen-bond donors (Lipinski definition) is 0. The minimum atomic E-state index is 0. The summed E-state index contributed by atoms with van der Waals surface area (Å²) in [5.74, 6) is 0. The van der Waals surface area contributed by atoms with E-state index >= 15 is 0 Å². The van der Waals surface area contributed by atoms with Crippen molar-refractivity contribution in [1.82, 2.24) is 0 Å². The number of rotatable bonds is 0. The summed E-state index contributed by atoms with van der Waals surface area (Å²) < 4.78 is 0. The quantitative estimate of drug-likeness (QED) is 0.488. The average Bonchev–Trinajstić information content (AvgIpc) is 0. The SMILES string of the molecule is [Fe].[Ti].[V].[V]. The molecule has 0 fully saturated rings. The monoisotopic (exact) mass is 206 g/mol. The molecule has 22 valence electrons. The Balaban J connectivity index is 0. The van der Waals surface area contributed by atoms with E-state index in [1.807, 2.05) is 0 Å². The van der Waals surface area contributed by atoms with Gasteiger partial charge in [-0.1, -0.05) is 0 Å². The Morgan fingerprint density at radius 2 is 0.750 bits per heavy atom. The van der Waals surface area contributed by atoms with Gasteiger partial charge in [0.05, 0.1) is 0 Å². The first kappa shape index (κ1) is 32.4. The van der Waals surface area contributed by atoms with Gasteiger partial charge in [-0.2, -0.15) is 0 Å². The molecule has 0 unspecified atom stereocenters. The first-order valence-corrected chi connectivity index (χ1v) is 0. The maximum atomic E-state index is 0. The fourth-order valence-electron chi connectivity index (χ4n) is 0. The summed E-state index contributed by atoms with van der Waals surface area (Å²) in [5.41, 5.74) is 0. The average molecular weight is 206 g/mol. The molecule has 0 saturated carbocycles. The van der Waals surface area contributed by atoms with Crippen molar-refractivity contribution < 1.29 is 75.9 Å². The molecule has 0 aromatic carbocycles. The van der Waals surface area contributed by atoms with Crippen LogP contribution in [0.15, 0.2) is 0 Å². The molecule has 0 atom stereocenters. The third-order valence-electron chi connectivity index (χ3n) is 0. The number of hydrogen-bond acceptors (Lipinski definition) is 0. The van der Waals surface area contributed by atoms with Crippen molar-refractivity contribution in [3.8, 4) is 0 Å². The van der Waals surface area contributed by atoms with Crippen LogP contribution in [0.3, 0.4) is 0 Å². The van der Waals surface area contributed by atoms with Crippen LogP contribution in [-0.4, -0.2) is 0 Å². The van der Waals surface area contributed by atoms with E-state index in [4.69, 9.17) is 0 Å². The van der Waals surface area contributed by atoms with E-state index in [0.29, 0.717) is 0 Å². The Bertz CT molecular complexity index is 6.00. The summed E-state index contributed by atoms with van der Waals surface area (Å²) >= 11 is 0. The van der Waals surface area contributed by atoms with Gasteiger partial charge in [-0.15, -0.1) is 0 Å². The predicted octanol–water partition coefficient (Wildman–Crippen LogP) is -0.0100. The minimum absolute atomic E-state index is 0. The molecular weight excluding hydrogens is 206 g/mol. The summed E-state index contributed by atoms with van der Waals surface area (Å²) in [6, 6.07) is 0. The van der Waals surface area contributed by atoms with Gasteiger partial charge in [-0.25, -0.2) is 0 Å². The zero-order valence-corrected chi connectivity index (χ0v) is 7.21. The normalized spacial score (nSPS) is 0. The smallest absolute Gasteiger partial charge is 0 e. The van der Waals surface area contributed by atoms with Crippen LogP contribution in [-0.2, 0) is 75.9 Å². The molecule has 4 heavy (non-hydrogen) atoms. The third-order valence-corrected chi connectivity index (χ3v) is 0. The fraction of sp³-hybridized carbons (Fsp3) is 0. The van der Waals surface area contributed by atoms with Gasteiger partial charge in [0, 0.05) is 75.9 Å². The van der Waals surface area contributed by atoms with Gasteiger partial charge in [-0.05, 0) is 0 Å². The van der Waals surface area contributed by atoms with Crippen LogP contribution in [0.25, 0.3) is 0 Å². The molecule has 0 rings (SSSR count). The Morgan fingerprint density at radius 1 is 0.750 bits per heavy atom. The van der Waals surface area contributed by atoms with Gasteiger partial charge in [0.15, 0.2) is 0 Å². The van der Waals surface area contributed by atoms with Crippen LogP contribution in [0.5, 0.6) is 0 Å². The molecule has 2 radical (unpaired) electrons. The molecule has 0 aromatic rings. The first-order valence-electron chi connectivity index (χ1n) is 0. The molecule has 0 saturated heterocycles. The molecule has 0 heterocycles. The zero-order chi connectivity index (χ0) is 0. The second kappa shape index (κ2) is 18.1. The van der Waals surface area contributed by atoms with Crippen molar-refractivity contribution in [2.75, 3.05) is 0 Å². The Hall–Kier alpha value is 2.40. The van der Waals surface area contributed by atoms with Gasteiger partial charge in [0.2, 0.25) is 0 Å². The summed E-state index contributed by atoms with van der Waals surface area (Å²) in [7, 11) is 0. The van der Waals surface area contributed by atoms with E-state index in [1.165, 1.54) is 0 Å². The standard InChI is InChI=1S/Fe.Ti.2V. The Kier molecular flexibility index (Phi) is 147. The molecule has 0 amide bonds. The maximum absolute atomic E-state index is 0. The Morgan fingerprint density at radius 3 is 0.750 bits per heavy atom. The molecule has 0 aliphatic rings. The van der Waals surface area contributed by atoms with E-state index in [2.05, 4.69) is 0 Å². The van der Waals surface area contributed by atoms with Gasteiger partial charge in [0.1, 0.15) is 0 Å². The van der Waals surface area contributed by atoms with Crippen molar-refractivity contribution in [2.24, 2.45) is 0 Å². The van der Waals surface area contributed by atoms with Crippen LogP contribution < -0.4 is 0 Å². The van der Waals surface area contributed by atoms with Gasteiger partial charge >= 0.3 is 0 Å². The molecule has 0 spiro atoms. The van der Waals surface area contributed by atoms with E-state index in [0.717, 1.165) is 0 Å². The molecule has 0 bridgehead atoms. The van der Waals surface area contributed by atoms with E-state index in [1.54, 1.807) is 0 Å². The van der Waals surface area contributed by atoms with Crippen LogP contribution in [0.4, 0.5) is 0 Å². The largest absolute Gasteiger partial charge is 0 e. The van der Waals surface area contributed by atoms with E-state index < -0.39 is 0 Å². The molecular formula is FeTiV2. The second-order valence-corrected chi connectivity index (χ2v) is 0. The van der Waals surface area contributed by atoms with Crippen molar-refractivity contribution >= 4 is 0 Å². The van der Waals surface area contributed by atoms with Gasteiger partial charge in [-0.3, -0.25) is 0 Å². The Labute approximate surface area is 75.0 Å². The summed E-state index contributed by atoms with van der Waals surface area (Å²) in [6.45, 7) is 0. The topological polar surface area (TPSA) is 0 Å². The van der Waals surface area contributed by atoms with E-state index in [9.17, 15) is 0 Å². The molecule has 0 aliphatic heterocycles. The molecule has 4 heteroatoms. The summed E-state index contributed by atoms with van der Waals surface area (Å²) in [4.78, 5) is 0. The van der Waals surface area contributed by atoms with Crippen molar-refractivity contribution in [3.05, 3.63) is 0 Å². The first-order chi connectivity index (χ1) is 0. The fourth-order valence-corrected chi connectivity index (χ4v) is 0. The molecule has 0 aliphatic carbocycles. The van der Waals surface area contributed by atoms with Crippen molar-refractivity contribution in [1.29, 1.82) is 0 Å². The van der Waals surface area contributed by atoms with E-state index in [-0.39, 0.29) is 75.9 Å². The van der Waals surface area contributed by atoms with Gasteiger partial charge in [0.25, 0.3) is 0 Å². The van der Waals surface area contributed by atoms with Crippen molar-refractivity contribution in [2.45, 2.75) is 0 Å². The van der Waals surface area contributed by atoms with Crippen molar-refractivity contribution in [3.63, 3.8) is 0 Å². The van der Waals surface area contributed by atoms with Crippen LogP contribution in [0.2, 0.25) is 0 Å². The third kappa shape index (κ3) is 8.83. The molecule has 0 N–H and O–H groups in total. The summed E-state index contributed by atoms with van der Waals surface area (Å²) in [5, 5.41) is 0. The predicted molar refractivity (Wildman–Crippen MR) is 0 cm³/mol. The summed E-state index contributed by atoms with van der Waals surface area (Å²) in [6.07, 6.45) is 0. The van der Waals surface area contributed by atoms with Crippen LogP contribution in [0, 0.1) is 0 Å². The maximum Gasteiger partial charge on any atom is 0 e. The zero-order valence-electron chi connectivity index (χ0n) is 1.75. The molecule has 0 nitrogen and oxygen atoms in total. The second-order valence-electron chi connectivity index (χ2n) is 0.